The number of nitrogens with one attached hydrogen (secondary N) is 1. The van der Waals surface area contributed by atoms with Gasteiger partial charge in [0.15, 0.2) is 11.8 Å². The minimum atomic E-state index is -0.912. The van der Waals surface area contributed by atoms with E-state index in [4.69, 9.17) is 0 Å². The van der Waals surface area contributed by atoms with Crippen LogP contribution in [0.25, 0.3) is 21.7 Å². The van der Waals surface area contributed by atoms with E-state index >= 15 is 0 Å². The molecule has 1 aliphatic carbocycles. The fourth-order valence-electron chi connectivity index (χ4n) is 3.85. The second-order valence-corrected chi connectivity index (χ2v) is 8.46. The van der Waals surface area contributed by atoms with Crippen LogP contribution in [-0.4, -0.2) is 57.4 Å². The van der Waals surface area contributed by atoms with Gasteiger partial charge in [0.05, 0.1) is 17.8 Å². The number of hydrogen-bond donors (Lipinski definition) is 2. The number of aromatic nitrogens is 4. The van der Waals surface area contributed by atoms with Crippen molar-refractivity contribution in [2.75, 3.05) is 19.0 Å². The van der Waals surface area contributed by atoms with Crippen LogP contribution in [-0.2, 0) is 6.80 Å². The van der Waals surface area contributed by atoms with Gasteiger partial charge in [-0.15, -0.1) is 10.2 Å². The zero-order valence-electron chi connectivity index (χ0n) is 16.8. The molecule has 3 aromatic rings. The Morgan fingerprint density at radius 2 is 2.13 bits per heavy atom. The van der Waals surface area contributed by atoms with Gasteiger partial charge >= 0.3 is 0 Å². The maximum absolute atomic E-state index is 14.5. The van der Waals surface area contributed by atoms with Crippen LogP contribution in [0.5, 0.6) is 5.75 Å². The van der Waals surface area contributed by atoms with Gasteiger partial charge in [-0.2, -0.15) is 5.10 Å². The third-order valence-electron chi connectivity index (χ3n) is 5.67. The van der Waals surface area contributed by atoms with E-state index in [2.05, 4.69) is 20.6 Å². The molecule has 30 heavy (non-hydrogen) atoms. The molecule has 160 valence electrons. The fraction of sp³-hybridized carbons (Fsp3) is 0.450. The first kappa shape index (κ1) is 20.7. The standard InChI is InChI=1S/C20H24F2N6OS/c1-23-14-4-6-16(22)17(8-14)27(2)20-26-25-19(30-20)15-5-3-12(7-18(15)29)13-9-24-28(10-13)11-21/h3,5,7,9-10,14,16-17,23,29H,4,6,8,11H2,1-2H3/t14?,16?,17-/m0/s1. The summed E-state index contributed by atoms with van der Waals surface area (Å²) < 4.78 is 28.4. The van der Waals surface area contributed by atoms with Crippen molar-refractivity contribution in [1.82, 2.24) is 25.3 Å². The average Bonchev–Trinajstić information content (AvgIpc) is 3.43. The van der Waals surface area contributed by atoms with E-state index in [1.54, 1.807) is 24.5 Å². The van der Waals surface area contributed by atoms with E-state index in [0.29, 0.717) is 34.1 Å². The molecule has 0 radical (unpaired) electrons. The molecule has 1 saturated carbocycles. The van der Waals surface area contributed by atoms with E-state index in [-0.39, 0.29) is 17.8 Å². The maximum atomic E-state index is 14.5. The van der Waals surface area contributed by atoms with Crippen molar-refractivity contribution in [3.8, 4) is 27.4 Å². The van der Waals surface area contributed by atoms with Crippen LogP contribution in [0.3, 0.4) is 0 Å². The highest BCUT2D eigenvalue weighted by atomic mass is 32.1. The van der Waals surface area contributed by atoms with Crippen LogP contribution < -0.4 is 10.2 Å². The van der Waals surface area contributed by atoms with Gasteiger partial charge in [0.1, 0.15) is 11.9 Å². The first-order valence-electron chi connectivity index (χ1n) is 9.80. The molecular weight excluding hydrogens is 410 g/mol. The highest BCUT2D eigenvalue weighted by molar-refractivity contribution is 7.18. The molecule has 1 fully saturated rings. The van der Waals surface area contributed by atoms with Crippen LogP contribution in [0.15, 0.2) is 30.6 Å². The molecule has 0 aliphatic heterocycles. The smallest absolute Gasteiger partial charge is 0.208 e. The predicted octanol–water partition coefficient (Wildman–Crippen LogP) is 3.62. The van der Waals surface area contributed by atoms with E-state index in [0.717, 1.165) is 12.0 Å². The summed E-state index contributed by atoms with van der Waals surface area (Å²) in [7, 11) is 3.74. The van der Waals surface area contributed by atoms with E-state index < -0.39 is 13.0 Å². The van der Waals surface area contributed by atoms with E-state index in [9.17, 15) is 13.9 Å². The molecule has 7 nitrogen and oxygen atoms in total. The van der Waals surface area contributed by atoms with Crippen LogP contribution in [0, 0.1) is 0 Å². The highest BCUT2D eigenvalue weighted by Crippen LogP contribution is 2.38. The molecule has 2 unspecified atom stereocenters. The van der Waals surface area contributed by atoms with Gasteiger partial charge in [-0.3, -0.25) is 0 Å². The Balaban J connectivity index is 1.54. The third kappa shape index (κ3) is 4.01. The molecule has 1 aliphatic rings. The largest absolute Gasteiger partial charge is 0.507 e. The normalized spacial score (nSPS) is 21.7. The molecule has 10 heteroatoms. The summed E-state index contributed by atoms with van der Waals surface area (Å²) in [6.45, 7) is -0.707. The van der Waals surface area contributed by atoms with Crippen molar-refractivity contribution in [2.45, 2.75) is 44.3 Å². The summed E-state index contributed by atoms with van der Waals surface area (Å²) >= 11 is 1.31. The Kier molecular flexibility index (Phi) is 5.96. The Morgan fingerprint density at radius 1 is 1.30 bits per heavy atom. The number of benzene rings is 1. The van der Waals surface area contributed by atoms with Crippen molar-refractivity contribution < 1.29 is 13.9 Å². The van der Waals surface area contributed by atoms with Crippen molar-refractivity contribution in [2.24, 2.45) is 0 Å². The summed E-state index contributed by atoms with van der Waals surface area (Å²) in [4.78, 5) is 1.85. The summed E-state index contributed by atoms with van der Waals surface area (Å²) in [5.41, 5.74) is 1.97. The number of phenolic OH excluding ortho intramolecular Hbond substituents is 1. The number of nitrogens with zero attached hydrogens (tertiary/aromatic N) is 5. The molecular formula is C20H24F2N6OS. The lowest BCUT2D eigenvalue weighted by molar-refractivity contribution is 0.189. The van der Waals surface area contributed by atoms with Gasteiger partial charge in [-0.1, -0.05) is 17.4 Å². The zero-order chi connectivity index (χ0) is 21.3. The molecule has 3 atom stereocenters. The first-order chi connectivity index (χ1) is 14.5. The Hall–Kier alpha value is -2.59. The minimum Gasteiger partial charge on any atom is -0.507 e. The second-order valence-electron chi connectivity index (χ2n) is 7.50. The monoisotopic (exact) mass is 434 g/mol. The Labute approximate surface area is 177 Å². The first-order valence-corrected chi connectivity index (χ1v) is 10.6. The lowest BCUT2D eigenvalue weighted by Crippen LogP contribution is -2.48. The average molecular weight is 435 g/mol. The van der Waals surface area contributed by atoms with Crippen LogP contribution in [0.2, 0.25) is 0 Å². The summed E-state index contributed by atoms with van der Waals surface area (Å²) in [5.74, 6) is 0.0436. The number of aromatic hydroxyl groups is 1. The maximum Gasteiger partial charge on any atom is 0.208 e. The second kappa shape index (κ2) is 8.65. The van der Waals surface area contributed by atoms with E-state index in [1.807, 2.05) is 25.1 Å². The molecule has 0 spiro atoms. The molecule has 0 amide bonds. The van der Waals surface area contributed by atoms with E-state index in [1.165, 1.54) is 16.0 Å². The lowest BCUT2D eigenvalue weighted by atomic mass is 9.89. The minimum absolute atomic E-state index is 0.0436. The van der Waals surface area contributed by atoms with Crippen LogP contribution in [0.4, 0.5) is 13.9 Å². The highest BCUT2D eigenvalue weighted by Gasteiger charge is 2.34. The number of rotatable bonds is 6. The summed E-state index contributed by atoms with van der Waals surface area (Å²) in [5, 5.41) is 27.3. The summed E-state index contributed by atoms with van der Waals surface area (Å²) in [6.07, 6.45) is 4.26. The van der Waals surface area contributed by atoms with Crippen LogP contribution >= 0.6 is 11.3 Å². The van der Waals surface area contributed by atoms with Gasteiger partial charge in [-0.25, -0.2) is 13.5 Å². The molecule has 2 heterocycles. The molecule has 1 aromatic carbocycles. The predicted molar refractivity (Wildman–Crippen MR) is 113 cm³/mol. The lowest BCUT2D eigenvalue weighted by Gasteiger charge is -2.37. The number of hydrogen-bond acceptors (Lipinski definition) is 7. The fourth-order valence-corrected chi connectivity index (χ4v) is 4.75. The van der Waals surface area contributed by atoms with Crippen molar-refractivity contribution in [3.05, 3.63) is 30.6 Å². The van der Waals surface area contributed by atoms with Crippen molar-refractivity contribution >= 4 is 16.5 Å². The summed E-state index contributed by atoms with van der Waals surface area (Å²) in [6, 6.07) is 5.18. The van der Waals surface area contributed by atoms with Gasteiger partial charge in [0.2, 0.25) is 5.13 Å². The van der Waals surface area contributed by atoms with Crippen molar-refractivity contribution in [1.29, 1.82) is 0 Å². The number of halogens is 2. The topological polar surface area (TPSA) is 79.1 Å². The number of alkyl halides is 2. The molecule has 4 rings (SSSR count). The molecule has 0 saturated heterocycles. The number of anilines is 1. The van der Waals surface area contributed by atoms with Gasteiger partial charge in [0.25, 0.3) is 0 Å². The number of phenols is 1. The molecule has 0 bridgehead atoms. The Bertz CT molecular complexity index is 1010. The molecule has 2 aromatic heterocycles. The quantitative estimate of drug-likeness (QED) is 0.617. The Morgan fingerprint density at radius 3 is 2.83 bits per heavy atom. The van der Waals surface area contributed by atoms with Crippen molar-refractivity contribution in [3.63, 3.8) is 0 Å². The van der Waals surface area contributed by atoms with Crippen LogP contribution in [0.1, 0.15) is 19.3 Å². The van der Waals surface area contributed by atoms with Gasteiger partial charge < -0.3 is 15.3 Å². The SMILES string of the molecule is CNC1CCC(F)[C@@H](N(C)c2nnc(-c3ccc(-c4cnn(CF)c4)cc3O)s2)C1. The third-order valence-corrected chi connectivity index (χ3v) is 6.72. The zero-order valence-corrected chi connectivity index (χ0v) is 17.6. The molecule has 2 N–H and O–H groups in total. The van der Waals surface area contributed by atoms with Gasteiger partial charge in [0, 0.05) is 24.8 Å². The van der Waals surface area contributed by atoms with Gasteiger partial charge in [-0.05, 0) is 44.0 Å².